The maximum atomic E-state index is 12.9. The second-order valence-electron chi connectivity index (χ2n) is 8.29. The molecule has 180 valence electrons. The normalized spacial score (nSPS) is 19.3. The van der Waals surface area contributed by atoms with E-state index in [-0.39, 0.29) is 23.4 Å². The Morgan fingerprint density at radius 2 is 2.00 bits per heavy atom. The average Bonchev–Trinajstić information content (AvgIpc) is 3.36. The lowest BCUT2D eigenvalue weighted by atomic mass is 10.1. The lowest BCUT2D eigenvalue weighted by Crippen LogP contribution is -2.37. The van der Waals surface area contributed by atoms with Gasteiger partial charge in [0.25, 0.3) is 0 Å². The van der Waals surface area contributed by atoms with E-state index in [4.69, 9.17) is 21.7 Å². The first-order valence-corrected chi connectivity index (χ1v) is 13.7. The number of benzene rings is 2. The highest BCUT2D eigenvalue weighted by Crippen LogP contribution is 2.28. The highest BCUT2D eigenvalue weighted by molar-refractivity contribution is 7.89. The first-order chi connectivity index (χ1) is 16.3. The molecule has 0 radical (unpaired) electrons. The third-order valence-corrected chi connectivity index (χ3v) is 8.50. The van der Waals surface area contributed by atoms with Gasteiger partial charge in [-0.2, -0.15) is 0 Å². The van der Waals surface area contributed by atoms with Crippen LogP contribution in [-0.2, 0) is 21.4 Å². The van der Waals surface area contributed by atoms with Gasteiger partial charge in [-0.05, 0) is 55.7 Å². The van der Waals surface area contributed by atoms with Gasteiger partial charge in [0, 0.05) is 30.1 Å². The van der Waals surface area contributed by atoms with Crippen molar-refractivity contribution in [3.05, 3.63) is 70.7 Å². The second-order valence-corrected chi connectivity index (χ2v) is 11.6. The summed E-state index contributed by atoms with van der Waals surface area (Å²) in [5.74, 6) is -0.802. The summed E-state index contributed by atoms with van der Waals surface area (Å²) in [4.78, 5) is 17.9. The summed E-state index contributed by atoms with van der Waals surface area (Å²) >= 11 is 7.54. The molecule has 1 aromatic heterocycles. The number of para-hydroxylation sites is 1. The third kappa shape index (κ3) is 6.43. The number of fused-ring (bicyclic) bond motifs is 1. The van der Waals surface area contributed by atoms with Crippen LogP contribution in [0.25, 0.3) is 10.2 Å². The van der Waals surface area contributed by atoms with Gasteiger partial charge in [-0.15, -0.1) is 11.3 Å². The second kappa shape index (κ2) is 11.0. The van der Waals surface area contributed by atoms with Gasteiger partial charge in [0.1, 0.15) is 5.01 Å². The van der Waals surface area contributed by atoms with Crippen LogP contribution in [0.5, 0.6) is 0 Å². The molecule has 4 rings (SSSR count). The van der Waals surface area contributed by atoms with Crippen LogP contribution in [-0.4, -0.2) is 48.0 Å². The molecule has 1 aliphatic heterocycles. The topological polar surface area (TPSA) is 99.6 Å². The van der Waals surface area contributed by atoms with Crippen molar-refractivity contribution in [2.45, 2.75) is 49.2 Å². The number of hydrogen-bond acceptors (Lipinski definition) is 6. The number of thiazole rings is 1. The Hall–Kier alpha value is -2.30. The number of allylic oxidation sites excluding steroid dienone is 1. The summed E-state index contributed by atoms with van der Waals surface area (Å²) in [5, 5.41) is 10.3. The van der Waals surface area contributed by atoms with Crippen LogP contribution >= 0.6 is 22.9 Å². The highest BCUT2D eigenvalue weighted by atomic mass is 35.5. The molecule has 0 saturated carbocycles. The number of sulfonamides is 1. The van der Waals surface area contributed by atoms with Gasteiger partial charge in [0.15, 0.2) is 0 Å². The minimum atomic E-state index is -3.68. The van der Waals surface area contributed by atoms with Gasteiger partial charge in [0.2, 0.25) is 10.0 Å². The average molecular weight is 520 g/mol. The number of nitrogens with zero attached hydrogens (tertiary/aromatic N) is 2. The molecule has 3 aromatic rings. The molecule has 0 unspecified atom stereocenters. The third-order valence-electron chi connectivity index (χ3n) is 5.69. The molecule has 34 heavy (non-hydrogen) atoms. The molecule has 10 heteroatoms. The van der Waals surface area contributed by atoms with E-state index in [1.54, 1.807) is 23.5 Å². The lowest BCUT2D eigenvalue weighted by Gasteiger charge is -2.20. The molecular weight excluding hydrogens is 494 g/mol. The Morgan fingerprint density at radius 3 is 2.74 bits per heavy atom. The molecule has 1 fully saturated rings. The van der Waals surface area contributed by atoms with Crippen molar-refractivity contribution in [1.29, 1.82) is 0 Å². The number of aromatic nitrogens is 1. The fraction of sp³-hybridized carbons (Fsp3) is 0.333. The largest absolute Gasteiger partial charge is 0.481 e. The zero-order valence-corrected chi connectivity index (χ0v) is 20.8. The van der Waals surface area contributed by atoms with Gasteiger partial charge < -0.3 is 5.11 Å². The van der Waals surface area contributed by atoms with Gasteiger partial charge in [-0.25, -0.2) is 18.1 Å². The summed E-state index contributed by atoms with van der Waals surface area (Å²) in [7, 11) is -3.68. The smallest absolute Gasteiger partial charge is 0.303 e. The molecular formula is C24H26ClN3O4S2. The van der Waals surface area contributed by atoms with Crippen LogP contribution in [0.15, 0.2) is 65.6 Å². The maximum Gasteiger partial charge on any atom is 0.303 e. The van der Waals surface area contributed by atoms with Crippen LogP contribution in [0, 0.1) is 0 Å². The molecule has 0 spiro atoms. The predicted octanol–water partition coefficient (Wildman–Crippen LogP) is 4.68. The van der Waals surface area contributed by atoms with Crippen molar-refractivity contribution in [3.8, 4) is 0 Å². The molecule has 2 aromatic carbocycles. The summed E-state index contributed by atoms with van der Waals surface area (Å²) in [5.41, 5.74) is 0.961. The number of carbonyl (C=O) groups is 1. The summed E-state index contributed by atoms with van der Waals surface area (Å²) in [6, 6.07) is 13.9. The van der Waals surface area contributed by atoms with E-state index in [2.05, 4.69) is 15.7 Å². The Bertz CT molecular complexity index is 1240. The Morgan fingerprint density at radius 1 is 1.24 bits per heavy atom. The zero-order chi connectivity index (χ0) is 24.1. The number of rotatable bonds is 10. The van der Waals surface area contributed by atoms with Gasteiger partial charge in [0.05, 0.1) is 21.7 Å². The van der Waals surface area contributed by atoms with Crippen LogP contribution in [0.1, 0.15) is 30.7 Å². The molecule has 0 bridgehead atoms. The Kier molecular flexibility index (Phi) is 8.00. The first-order valence-electron chi connectivity index (χ1n) is 11.0. The fourth-order valence-electron chi connectivity index (χ4n) is 4.09. The fourth-order valence-corrected chi connectivity index (χ4v) is 6.45. The number of halogens is 1. The highest BCUT2D eigenvalue weighted by Gasteiger charge is 2.33. The van der Waals surface area contributed by atoms with Crippen LogP contribution in [0.3, 0.4) is 0 Å². The SMILES string of the molecule is O=C(O)CCCC=C[C@@H]1C[C@@H](NS(=O)(=O)c2ccc(Cl)cc2)CN1Cc1nc2ccccc2s1. The van der Waals surface area contributed by atoms with Crippen molar-refractivity contribution in [2.75, 3.05) is 6.54 Å². The Balaban J connectivity index is 1.47. The summed E-state index contributed by atoms with van der Waals surface area (Å²) in [6.07, 6.45) is 6.05. The quantitative estimate of drug-likeness (QED) is 0.298. The van der Waals surface area contributed by atoms with Gasteiger partial charge >= 0.3 is 5.97 Å². The molecule has 2 atom stereocenters. The molecule has 0 amide bonds. The molecule has 1 aliphatic rings. The number of nitrogens with one attached hydrogen (secondary N) is 1. The van der Waals surface area contributed by atoms with Crippen LogP contribution < -0.4 is 4.72 Å². The number of hydrogen-bond donors (Lipinski definition) is 2. The van der Waals surface area contributed by atoms with Gasteiger partial charge in [-0.1, -0.05) is 35.9 Å². The maximum absolute atomic E-state index is 12.9. The minimum absolute atomic E-state index is 0.0229. The first kappa shape index (κ1) is 24.8. The molecule has 1 saturated heterocycles. The Labute approximate surface area is 208 Å². The van der Waals surface area contributed by atoms with Crippen molar-refractivity contribution < 1.29 is 18.3 Å². The van der Waals surface area contributed by atoms with E-state index in [9.17, 15) is 13.2 Å². The van der Waals surface area contributed by atoms with Crippen molar-refractivity contribution in [3.63, 3.8) is 0 Å². The number of likely N-dealkylation sites (tertiary alicyclic amines) is 1. The monoisotopic (exact) mass is 519 g/mol. The number of unbranched alkanes of at least 4 members (excludes halogenated alkanes) is 1. The van der Waals surface area contributed by atoms with E-state index in [1.165, 1.54) is 12.1 Å². The molecule has 0 aliphatic carbocycles. The van der Waals surface area contributed by atoms with E-state index >= 15 is 0 Å². The van der Waals surface area contributed by atoms with E-state index in [0.717, 1.165) is 15.2 Å². The van der Waals surface area contributed by atoms with Crippen molar-refractivity contribution >= 4 is 49.1 Å². The minimum Gasteiger partial charge on any atom is -0.481 e. The standard InChI is InChI=1S/C24H26ClN3O4S2/c25-17-10-12-20(13-11-17)34(31,32)27-18-14-19(6-2-1-3-9-24(29)30)28(15-18)16-23-26-21-7-4-5-8-22(21)33-23/h2,4-8,10-13,18-19,27H,1,3,9,14-16H2,(H,29,30)/t18-,19-/m1/s1. The van der Waals surface area contributed by atoms with E-state index < -0.39 is 16.0 Å². The molecule has 2 N–H and O–H groups in total. The summed E-state index contributed by atoms with van der Waals surface area (Å²) in [6.45, 7) is 1.16. The van der Waals surface area contributed by atoms with Crippen molar-refractivity contribution in [2.24, 2.45) is 0 Å². The van der Waals surface area contributed by atoms with Crippen LogP contribution in [0.4, 0.5) is 0 Å². The molecule has 7 nitrogen and oxygen atoms in total. The predicted molar refractivity (Wildman–Crippen MR) is 135 cm³/mol. The van der Waals surface area contributed by atoms with Gasteiger partial charge in [-0.3, -0.25) is 9.69 Å². The molecule has 2 heterocycles. The van der Waals surface area contributed by atoms with E-state index in [0.29, 0.717) is 37.4 Å². The number of aliphatic carboxylic acids is 1. The summed E-state index contributed by atoms with van der Waals surface area (Å²) < 4.78 is 29.8. The number of carboxylic acid groups (broad SMARTS) is 1. The number of carboxylic acids is 1. The van der Waals surface area contributed by atoms with E-state index in [1.807, 2.05) is 30.3 Å². The lowest BCUT2D eigenvalue weighted by molar-refractivity contribution is -0.137. The van der Waals surface area contributed by atoms with Crippen molar-refractivity contribution in [1.82, 2.24) is 14.6 Å². The zero-order valence-electron chi connectivity index (χ0n) is 18.4. The van der Waals surface area contributed by atoms with Crippen LogP contribution in [0.2, 0.25) is 5.02 Å².